The molecule has 1 aromatic rings. The number of nitrogens with zero attached hydrogens (tertiary/aromatic N) is 1. The molecule has 0 unspecified atom stereocenters. The van der Waals surface area contributed by atoms with Crippen LogP contribution < -0.4 is 14.8 Å². The Morgan fingerprint density at radius 2 is 1.96 bits per heavy atom. The van der Waals surface area contributed by atoms with E-state index in [0.717, 1.165) is 6.42 Å². The fourth-order valence-electron chi connectivity index (χ4n) is 3.15. The van der Waals surface area contributed by atoms with Crippen LogP contribution in [0.15, 0.2) is 12.1 Å². The number of amides is 2. The highest BCUT2D eigenvalue weighted by Gasteiger charge is 2.29. The Hall–Kier alpha value is -1.95. The number of piperidine rings is 1. The molecule has 1 aromatic carbocycles. The second-order valence-electron chi connectivity index (χ2n) is 6.34. The molecule has 1 fully saturated rings. The van der Waals surface area contributed by atoms with Crippen molar-refractivity contribution >= 4 is 23.4 Å². The molecule has 0 radical (unpaired) electrons. The lowest BCUT2D eigenvalue weighted by atomic mass is 9.95. The Bertz CT molecular complexity index is 657. The lowest BCUT2D eigenvalue weighted by Gasteiger charge is -2.31. The molecule has 2 amide bonds. The maximum absolute atomic E-state index is 12.8. The number of halogens is 1. The Labute approximate surface area is 152 Å². The minimum atomic E-state index is -0.0914. The molecule has 0 spiro atoms. The number of fused-ring (bicyclic) bond motifs is 1. The zero-order valence-electron chi connectivity index (χ0n) is 14.3. The molecule has 1 N–H and O–H groups in total. The highest BCUT2D eigenvalue weighted by molar-refractivity contribution is 6.32. The number of nitrogens with one attached hydrogen (secondary N) is 1. The standard InChI is InChI=1S/C18H23ClN2O4/c1-2-5-20-17(22)12-3-6-21(7-4-12)18(23)13-10-14(19)16-15(11-13)24-8-9-25-16/h10-12H,2-9H2,1H3,(H,20,22). The van der Waals surface area contributed by atoms with Crippen molar-refractivity contribution in [2.45, 2.75) is 26.2 Å². The number of carbonyl (C=O) groups excluding carboxylic acids is 2. The summed E-state index contributed by atoms with van der Waals surface area (Å²) in [5.74, 6) is 0.994. The molecule has 3 rings (SSSR count). The monoisotopic (exact) mass is 366 g/mol. The zero-order chi connectivity index (χ0) is 17.8. The van der Waals surface area contributed by atoms with Gasteiger partial charge in [0.25, 0.3) is 5.91 Å². The van der Waals surface area contributed by atoms with E-state index < -0.39 is 0 Å². The van der Waals surface area contributed by atoms with Gasteiger partial charge in [-0.25, -0.2) is 0 Å². The largest absolute Gasteiger partial charge is 0.486 e. The van der Waals surface area contributed by atoms with Gasteiger partial charge in [0.2, 0.25) is 5.91 Å². The van der Waals surface area contributed by atoms with Gasteiger partial charge in [-0.05, 0) is 31.4 Å². The molecule has 2 aliphatic rings. The summed E-state index contributed by atoms with van der Waals surface area (Å²) in [7, 11) is 0. The van der Waals surface area contributed by atoms with Crippen LogP contribution in [0.5, 0.6) is 11.5 Å². The van der Waals surface area contributed by atoms with E-state index in [4.69, 9.17) is 21.1 Å². The van der Waals surface area contributed by atoms with Gasteiger partial charge in [-0.2, -0.15) is 0 Å². The summed E-state index contributed by atoms with van der Waals surface area (Å²) >= 11 is 6.21. The second-order valence-corrected chi connectivity index (χ2v) is 6.75. The third-order valence-electron chi connectivity index (χ3n) is 4.55. The molecule has 2 heterocycles. The number of benzene rings is 1. The molecular formula is C18H23ClN2O4. The molecule has 0 aromatic heterocycles. The molecule has 7 heteroatoms. The summed E-state index contributed by atoms with van der Waals surface area (Å²) in [6.45, 7) is 4.75. The Kier molecular flexibility index (Phi) is 5.68. The summed E-state index contributed by atoms with van der Waals surface area (Å²) in [6.07, 6.45) is 2.28. The SMILES string of the molecule is CCCNC(=O)C1CCN(C(=O)c2cc(Cl)c3c(c2)OCCO3)CC1. The van der Waals surface area contributed by atoms with E-state index >= 15 is 0 Å². The van der Waals surface area contributed by atoms with Crippen LogP contribution in [0, 0.1) is 5.92 Å². The number of likely N-dealkylation sites (tertiary alicyclic amines) is 1. The third-order valence-corrected chi connectivity index (χ3v) is 4.83. The first kappa shape index (κ1) is 17.9. The van der Waals surface area contributed by atoms with Gasteiger partial charge in [0.15, 0.2) is 11.5 Å². The number of carbonyl (C=O) groups is 2. The third kappa shape index (κ3) is 4.00. The van der Waals surface area contributed by atoms with Crippen LogP contribution in [-0.4, -0.2) is 49.6 Å². The molecule has 0 aliphatic carbocycles. The Morgan fingerprint density at radius 3 is 2.68 bits per heavy atom. The average Bonchev–Trinajstić information content (AvgIpc) is 2.65. The number of rotatable bonds is 4. The molecule has 0 atom stereocenters. The first-order valence-electron chi connectivity index (χ1n) is 8.76. The van der Waals surface area contributed by atoms with Gasteiger partial charge < -0.3 is 19.7 Å². The van der Waals surface area contributed by atoms with E-state index in [1.54, 1.807) is 17.0 Å². The van der Waals surface area contributed by atoms with E-state index in [2.05, 4.69) is 5.32 Å². The number of hydrogen-bond acceptors (Lipinski definition) is 4. The molecule has 1 saturated heterocycles. The minimum absolute atomic E-state index is 0.0144. The van der Waals surface area contributed by atoms with Gasteiger partial charge in [0.05, 0.1) is 5.02 Å². The number of ether oxygens (including phenoxy) is 2. The van der Waals surface area contributed by atoms with E-state index in [1.165, 1.54) is 0 Å². The summed E-state index contributed by atoms with van der Waals surface area (Å²) < 4.78 is 11.0. The topological polar surface area (TPSA) is 67.9 Å². The fraction of sp³-hybridized carbons (Fsp3) is 0.556. The maximum atomic E-state index is 12.8. The van der Waals surface area contributed by atoms with Crippen molar-refractivity contribution in [3.05, 3.63) is 22.7 Å². The molecule has 136 valence electrons. The number of hydrogen-bond donors (Lipinski definition) is 1. The summed E-state index contributed by atoms with van der Waals surface area (Å²) in [6, 6.07) is 3.31. The van der Waals surface area contributed by atoms with E-state index in [1.807, 2.05) is 6.92 Å². The highest BCUT2D eigenvalue weighted by atomic mass is 35.5. The zero-order valence-corrected chi connectivity index (χ0v) is 15.1. The van der Waals surface area contributed by atoms with E-state index in [9.17, 15) is 9.59 Å². The van der Waals surface area contributed by atoms with E-state index in [-0.39, 0.29) is 17.7 Å². The smallest absolute Gasteiger partial charge is 0.254 e. The van der Waals surface area contributed by atoms with Crippen molar-refractivity contribution in [3.8, 4) is 11.5 Å². The van der Waals surface area contributed by atoms with Crippen molar-refractivity contribution in [1.82, 2.24) is 10.2 Å². The maximum Gasteiger partial charge on any atom is 0.254 e. The highest BCUT2D eigenvalue weighted by Crippen LogP contribution is 2.38. The first-order chi connectivity index (χ1) is 12.1. The van der Waals surface area contributed by atoms with Gasteiger partial charge in [-0.15, -0.1) is 0 Å². The van der Waals surface area contributed by atoms with Gasteiger partial charge in [0.1, 0.15) is 13.2 Å². The van der Waals surface area contributed by atoms with Crippen LogP contribution in [0.2, 0.25) is 5.02 Å². The van der Waals surface area contributed by atoms with Crippen LogP contribution in [0.4, 0.5) is 0 Å². The van der Waals surface area contributed by atoms with Gasteiger partial charge in [-0.3, -0.25) is 9.59 Å². The lowest BCUT2D eigenvalue weighted by Crippen LogP contribution is -2.43. The summed E-state index contributed by atoms with van der Waals surface area (Å²) in [5.41, 5.74) is 0.489. The predicted molar refractivity (Wildman–Crippen MR) is 94.4 cm³/mol. The van der Waals surface area contributed by atoms with Crippen LogP contribution in [-0.2, 0) is 4.79 Å². The first-order valence-corrected chi connectivity index (χ1v) is 9.14. The van der Waals surface area contributed by atoms with Gasteiger partial charge in [-0.1, -0.05) is 18.5 Å². The lowest BCUT2D eigenvalue weighted by molar-refractivity contribution is -0.126. The molecule has 0 bridgehead atoms. The van der Waals surface area contributed by atoms with Crippen LogP contribution in [0.25, 0.3) is 0 Å². The Morgan fingerprint density at radius 1 is 1.24 bits per heavy atom. The van der Waals surface area contributed by atoms with Crippen LogP contribution >= 0.6 is 11.6 Å². The minimum Gasteiger partial charge on any atom is -0.486 e. The molecule has 0 saturated carbocycles. The van der Waals surface area contributed by atoms with Crippen molar-refractivity contribution < 1.29 is 19.1 Å². The van der Waals surface area contributed by atoms with E-state index in [0.29, 0.717) is 67.8 Å². The second kappa shape index (κ2) is 7.95. The predicted octanol–water partition coefficient (Wildman–Crippen LogP) is 2.49. The average molecular weight is 367 g/mol. The summed E-state index contributed by atoms with van der Waals surface area (Å²) in [4.78, 5) is 26.6. The Balaban J connectivity index is 1.63. The molecular weight excluding hydrogens is 344 g/mol. The van der Waals surface area contributed by atoms with Crippen molar-refractivity contribution in [2.75, 3.05) is 32.8 Å². The molecule has 6 nitrogen and oxygen atoms in total. The molecule has 2 aliphatic heterocycles. The van der Waals surface area contributed by atoms with Gasteiger partial charge in [0, 0.05) is 31.1 Å². The quantitative estimate of drug-likeness (QED) is 0.889. The molecule has 25 heavy (non-hydrogen) atoms. The fourth-order valence-corrected chi connectivity index (χ4v) is 3.42. The van der Waals surface area contributed by atoms with Crippen LogP contribution in [0.3, 0.4) is 0 Å². The van der Waals surface area contributed by atoms with Crippen LogP contribution in [0.1, 0.15) is 36.5 Å². The normalized spacial score (nSPS) is 17.3. The van der Waals surface area contributed by atoms with Crippen molar-refractivity contribution in [1.29, 1.82) is 0 Å². The summed E-state index contributed by atoms with van der Waals surface area (Å²) in [5, 5.41) is 3.31. The van der Waals surface area contributed by atoms with Crippen molar-refractivity contribution in [3.63, 3.8) is 0 Å². The van der Waals surface area contributed by atoms with Gasteiger partial charge >= 0.3 is 0 Å². The van der Waals surface area contributed by atoms with Crippen molar-refractivity contribution in [2.24, 2.45) is 5.92 Å².